The van der Waals surface area contributed by atoms with E-state index in [4.69, 9.17) is 0 Å². The van der Waals surface area contributed by atoms with Crippen LogP contribution in [-0.4, -0.2) is 56.6 Å². The number of aryl methyl sites for hydroxylation is 2. The molecule has 2 aliphatic rings. The monoisotopic (exact) mass is 471 g/mol. The van der Waals surface area contributed by atoms with Gasteiger partial charge in [0.1, 0.15) is 0 Å². The number of nitrogens with one attached hydrogen (secondary N) is 1. The van der Waals surface area contributed by atoms with Crippen LogP contribution >= 0.6 is 0 Å². The van der Waals surface area contributed by atoms with Crippen molar-refractivity contribution >= 4 is 27.4 Å². The molecule has 0 radical (unpaired) electrons. The summed E-state index contributed by atoms with van der Waals surface area (Å²) in [5, 5.41) is 9.81. The fraction of sp³-hybridized carbons (Fsp3) is 0.480. The van der Waals surface area contributed by atoms with Gasteiger partial charge in [0.2, 0.25) is 0 Å². The van der Waals surface area contributed by atoms with Crippen LogP contribution in [0.25, 0.3) is 0 Å². The Labute approximate surface area is 196 Å². The molecular formula is C25H33N3O4S. The SMILES string of the molecule is Cc1ccc(C)c(S(=O)(=O)Nc2ccc(N3CCC(N4CCCCC4)CC3)cc2C(=O)O)c1. The lowest BCUT2D eigenvalue weighted by Crippen LogP contribution is -2.46. The predicted octanol–water partition coefficient (Wildman–Crippen LogP) is 4.26. The minimum Gasteiger partial charge on any atom is -0.478 e. The second kappa shape index (κ2) is 9.73. The molecule has 178 valence electrons. The lowest BCUT2D eigenvalue weighted by molar-refractivity contribution is 0.0698. The number of carbonyl (C=O) groups is 1. The van der Waals surface area contributed by atoms with Gasteiger partial charge in [-0.2, -0.15) is 0 Å². The zero-order valence-electron chi connectivity index (χ0n) is 19.4. The first-order valence-corrected chi connectivity index (χ1v) is 13.2. The zero-order chi connectivity index (χ0) is 23.6. The van der Waals surface area contributed by atoms with Gasteiger partial charge in [0.15, 0.2) is 0 Å². The third kappa shape index (κ3) is 5.33. The largest absolute Gasteiger partial charge is 0.478 e. The minimum atomic E-state index is -3.91. The van der Waals surface area contributed by atoms with E-state index in [1.54, 1.807) is 31.2 Å². The van der Waals surface area contributed by atoms with E-state index in [9.17, 15) is 18.3 Å². The van der Waals surface area contributed by atoms with Gasteiger partial charge in [-0.3, -0.25) is 4.72 Å². The maximum absolute atomic E-state index is 13.0. The van der Waals surface area contributed by atoms with Gasteiger partial charge in [0.05, 0.1) is 16.1 Å². The van der Waals surface area contributed by atoms with Gasteiger partial charge in [-0.25, -0.2) is 13.2 Å². The van der Waals surface area contributed by atoms with Crippen LogP contribution in [0.3, 0.4) is 0 Å². The highest BCUT2D eigenvalue weighted by atomic mass is 32.2. The number of hydrogen-bond donors (Lipinski definition) is 2. The number of carboxylic acid groups (broad SMARTS) is 1. The summed E-state index contributed by atoms with van der Waals surface area (Å²) in [6.07, 6.45) is 6.00. The molecule has 2 aromatic carbocycles. The molecule has 7 nitrogen and oxygen atoms in total. The van der Waals surface area contributed by atoms with Gasteiger partial charge in [-0.15, -0.1) is 0 Å². The van der Waals surface area contributed by atoms with Crippen molar-refractivity contribution in [2.45, 2.75) is 56.9 Å². The standard InChI is InChI=1S/C25H33N3O4S/c1-18-6-7-19(2)24(16-18)33(31,32)26-23-9-8-21(17-22(23)25(29)30)28-14-10-20(11-15-28)27-12-4-3-5-13-27/h6-9,16-17,20,26H,3-5,10-15H2,1-2H3,(H,29,30). The number of carboxylic acids is 1. The van der Waals surface area contributed by atoms with E-state index in [1.807, 2.05) is 19.1 Å². The molecule has 0 bridgehead atoms. The van der Waals surface area contributed by atoms with Crippen molar-refractivity contribution in [2.24, 2.45) is 0 Å². The molecule has 2 aromatic rings. The van der Waals surface area contributed by atoms with Crippen molar-refractivity contribution in [3.63, 3.8) is 0 Å². The van der Waals surface area contributed by atoms with Crippen LogP contribution in [0.5, 0.6) is 0 Å². The molecule has 2 N–H and O–H groups in total. The topological polar surface area (TPSA) is 90.0 Å². The fourth-order valence-electron chi connectivity index (χ4n) is 4.96. The van der Waals surface area contributed by atoms with Crippen LogP contribution in [-0.2, 0) is 10.0 Å². The van der Waals surface area contributed by atoms with E-state index >= 15 is 0 Å². The van der Waals surface area contributed by atoms with Gasteiger partial charge in [0.25, 0.3) is 10.0 Å². The Morgan fingerprint density at radius 3 is 2.33 bits per heavy atom. The molecular weight excluding hydrogens is 438 g/mol. The van der Waals surface area contributed by atoms with E-state index in [1.165, 1.54) is 32.4 Å². The normalized spacial score (nSPS) is 18.3. The lowest BCUT2D eigenvalue weighted by atomic mass is 9.99. The first-order valence-electron chi connectivity index (χ1n) is 11.7. The van der Waals surface area contributed by atoms with E-state index in [0.29, 0.717) is 11.6 Å². The lowest BCUT2D eigenvalue weighted by Gasteiger charge is -2.41. The van der Waals surface area contributed by atoms with Gasteiger partial charge in [0, 0.05) is 24.8 Å². The van der Waals surface area contributed by atoms with E-state index < -0.39 is 16.0 Å². The minimum absolute atomic E-state index is 0.0421. The summed E-state index contributed by atoms with van der Waals surface area (Å²) < 4.78 is 28.5. The molecule has 0 aromatic heterocycles. The van der Waals surface area contributed by atoms with Crippen LogP contribution in [0, 0.1) is 13.8 Å². The Morgan fingerprint density at radius 1 is 0.970 bits per heavy atom. The zero-order valence-corrected chi connectivity index (χ0v) is 20.2. The summed E-state index contributed by atoms with van der Waals surface area (Å²) in [6, 6.07) is 10.8. The highest BCUT2D eigenvalue weighted by Gasteiger charge is 2.27. The maximum atomic E-state index is 13.0. The first kappa shape index (κ1) is 23.6. The molecule has 8 heteroatoms. The number of anilines is 2. The fourth-order valence-corrected chi connectivity index (χ4v) is 6.37. The van der Waals surface area contributed by atoms with Crippen molar-refractivity contribution < 1.29 is 18.3 Å². The van der Waals surface area contributed by atoms with Crippen LogP contribution in [0.4, 0.5) is 11.4 Å². The van der Waals surface area contributed by atoms with Gasteiger partial charge < -0.3 is 14.9 Å². The Bertz CT molecular complexity index is 1120. The van der Waals surface area contributed by atoms with Crippen molar-refractivity contribution in [3.8, 4) is 0 Å². The number of rotatable bonds is 6. The summed E-state index contributed by atoms with van der Waals surface area (Å²) in [5.41, 5.74) is 2.29. The second-order valence-electron chi connectivity index (χ2n) is 9.22. The Balaban J connectivity index is 1.51. The number of piperidine rings is 2. The third-order valence-corrected chi connectivity index (χ3v) is 8.36. The van der Waals surface area contributed by atoms with Crippen molar-refractivity contribution in [2.75, 3.05) is 35.8 Å². The molecule has 2 heterocycles. The number of aromatic carboxylic acids is 1. The number of benzene rings is 2. The van der Waals surface area contributed by atoms with Gasteiger partial charge >= 0.3 is 5.97 Å². The maximum Gasteiger partial charge on any atom is 0.337 e. The summed E-state index contributed by atoms with van der Waals surface area (Å²) in [6.45, 7) is 7.65. The van der Waals surface area contributed by atoms with Crippen LogP contribution in [0.2, 0.25) is 0 Å². The summed E-state index contributed by atoms with van der Waals surface area (Å²) in [7, 11) is -3.91. The molecule has 0 saturated carbocycles. The third-order valence-electron chi connectivity index (χ3n) is 6.85. The van der Waals surface area contributed by atoms with Crippen LogP contribution in [0.15, 0.2) is 41.3 Å². The van der Waals surface area contributed by atoms with Crippen LogP contribution in [0.1, 0.15) is 53.6 Å². The summed E-state index contributed by atoms with van der Waals surface area (Å²) in [5.74, 6) is -1.15. The summed E-state index contributed by atoms with van der Waals surface area (Å²) in [4.78, 5) is 17.0. The molecule has 0 unspecified atom stereocenters. The smallest absolute Gasteiger partial charge is 0.337 e. The van der Waals surface area contributed by atoms with E-state index in [-0.39, 0.29) is 16.1 Å². The predicted molar refractivity (Wildman–Crippen MR) is 131 cm³/mol. The number of sulfonamides is 1. The number of nitrogens with zero attached hydrogens (tertiary/aromatic N) is 2. The average Bonchev–Trinajstić information content (AvgIpc) is 2.81. The molecule has 0 aliphatic carbocycles. The number of hydrogen-bond acceptors (Lipinski definition) is 5. The van der Waals surface area contributed by atoms with Gasteiger partial charge in [-0.05, 0) is 88.0 Å². The average molecular weight is 472 g/mol. The van der Waals surface area contributed by atoms with Crippen molar-refractivity contribution in [3.05, 3.63) is 53.1 Å². The van der Waals surface area contributed by atoms with Gasteiger partial charge in [-0.1, -0.05) is 18.6 Å². The Morgan fingerprint density at radius 2 is 1.67 bits per heavy atom. The molecule has 0 spiro atoms. The number of likely N-dealkylation sites (tertiary alicyclic amines) is 1. The second-order valence-corrected chi connectivity index (χ2v) is 10.9. The van der Waals surface area contributed by atoms with E-state index in [0.717, 1.165) is 37.2 Å². The Hall–Kier alpha value is -2.58. The molecule has 2 saturated heterocycles. The molecule has 2 fully saturated rings. The quantitative estimate of drug-likeness (QED) is 0.654. The molecule has 2 aliphatic heterocycles. The van der Waals surface area contributed by atoms with Crippen LogP contribution < -0.4 is 9.62 Å². The molecule has 0 atom stereocenters. The molecule has 33 heavy (non-hydrogen) atoms. The first-order chi connectivity index (χ1) is 15.7. The van der Waals surface area contributed by atoms with Crippen molar-refractivity contribution in [1.82, 2.24) is 4.90 Å². The molecule has 4 rings (SSSR count). The highest BCUT2D eigenvalue weighted by Crippen LogP contribution is 2.30. The Kier molecular flexibility index (Phi) is 6.95. The highest BCUT2D eigenvalue weighted by molar-refractivity contribution is 7.92. The van der Waals surface area contributed by atoms with Crippen molar-refractivity contribution in [1.29, 1.82) is 0 Å². The summed E-state index contributed by atoms with van der Waals surface area (Å²) >= 11 is 0. The molecule has 0 amide bonds. The van der Waals surface area contributed by atoms with E-state index in [2.05, 4.69) is 14.5 Å².